The van der Waals surface area contributed by atoms with Gasteiger partial charge in [-0.05, 0) is 63.6 Å². The number of nitrogens with zero attached hydrogens (tertiary/aromatic N) is 3. The summed E-state index contributed by atoms with van der Waals surface area (Å²) in [5.74, 6) is 1.06. The summed E-state index contributed by atoms with van der Waals surface area (Å²) >= 11 is 2.80. The highest BCUT2D eigenvalue weighted by atomic mass is 32.2. The lowest BCUT2D eigenvalue weighted by atomic mass is 10.1. The maximum atomic E-state index is 12.9. The van der Waals surface area contributed by atoms with E-state index in [9.17, 15) is 9.59 Å². The lowest BCUT2D eigenvalue weighted by Crippen LogP contribution is -2.17. The Morgan fingerprint density at radius 3 is 2.75 bits per heavy atom. The molecule has 0 saturated heterocycles. The number of rotatable bonds is 9. The van der Waals surface area contributed by atoms with Crippen molar-refractivity contribution in [2.24, 2.45) is 7.05 Å². The number of aromatic nitrogens is 3. The fraction of sp³-hybridized carbons (Fsp3) is 0.462. The zero-order chi connectivity index (χ0) is 25.7. The summed E-state index contributed by atoms with van der Waals surface area (Å²) in [5, 5.41) is 12.7. The first-order chi connectivity index (χ1) is 17.4. The van der Waals surface area contributed by atoms with E-state index < -0.39 is 0 Å². The first-order valence-corrected chi connectivity index (χ1v) is 14.0. The number of hydrogen-bond donors (Lipinski definition) is 1. The Morgan fingerprint density at radius 1 is 1.19 bits per heavy atom. The Labute approximate surface area is 219 Å². The van der Waals surface area contributed by atoms with Gasteiger partial charge in [-0.3, -0.25) is 4.79 Å². The molecule has 4 rings (SSSR count). The number of benzene rings is 1. The highest BCUT2D eigenvalue weighted by Gasteiger charge is 2.27. The van der Waals surface area contributed by atoms with Gasteiger partial charge in [0.2, 0.25) is 5.91 Å². The maximum absolute atomic E-state index is 12.9. The first kappa shape index (κ1) is 26.2. The monoisotopic (exact) mass is 528 g/mol. The van der Waals surface area contributed by atoms with Gasteiger partial charge in [0.25, 0.3) is 0 Å². The zero-order valence-corrected chi connectivity index (χ0v) is 22.8. The van der Waals surface area contributed by atoms with E-state index in [1.807, 2.05) is 49.7 Å². The SMILES string of the molecule is CCOC(=O)c1c(NC(=O)CSc2nnc(C(C)Oc3ccccc3C)n2C)sc2c1CCCCC2. The Morgan fingerprint density at radius 2 is 1.97 bits per heavy atom. The van der Waals surface area contributed by atoms with Crippen LogP contribution in [0.25, 0.3) is 0 Å². The third kappa shape index (κ3) is 5.92. The van der Waals surface area contributed by atoms with Crippen LogP contribution in [-0.4, -0.2) is 39.0 Å². The van der Waals surface area contributed by atoms with Crippen LogP contribution in [0.15, 0.2) is 29.4 Å². The van der Waals surface area contributed by atoms with E-state index in [0.29, 0.717) is 28.2 Å². The predicted octanol–water partition coefficient (Wildman–Crippen LogP) is 5.50. The van der Waals surface area contributed by atoms with E-state index in [4.69, 9.17) is 9.47 Å². The maximum Gasteiger partial charge on any atom is 0.341 e. The highest BCUT2D eigenvalue weighted by molar-refractivity contribution is 7.99. The lowest BCUT2D eigenvalue weighted by molar-refractivity contribution is -0.113. The van der Waals surface area contributed by atoms with Crippen LogP contribution in [0.2, 0.25) is 0 Å². The van der Waals surface area contributed by atoms with E-state index in [0.717, 1.165) is 49.0 Å². The number of nitrogens with one attached hydrogen (secondary N) is 1. The van der Waals surface area contributed by atoms with E-state index in [-0.39, 0.29) is 23.7 Å². The minimum absolute atomic E-state index is 0.143. The number of thioether (sulfide) groups is 1. The molecule has 0 bridgehead atoms. The van der Waals surface area contributed by atoms with E-state index in [1.54, 1.807) is 6.92 Å². The standard InChI is InChI=1S/C26H32N4O4S2/c1-5-33-25(32)22-18-12-7-6-8-14-20(18)36-24(22)27-21(31)15-35-26-29-28-23(30(26)4)17(3)34-19-13-10-9-11-16(19)2/h9-11,13,17H,5-8,12,14-15H2,1-4H3,(H,27,31). The highest BCUT2D eigenvalue weighted by Crippen LogP contribution is 2.38. The number of esters is 1. The summed E-state index contributed by atoms with van der Waals surface area (Å²) in [6.07, 6.45) is 4.76. The summed E-state index contributed by atoms with van der Waals surface area (Å²) in [6, 6.07) is 7.83. The number of amides is 1. The van der Waals surface area contributed by atoms with Crippen LogP contribution in [0.1, 0.15) is 71.4 Å². The Bertz CT molecular complexity index is 1240. The molecule has 1 amide bonds. The molecule has 0 radical (unpaired) electrons. The van der Waals surface area contributed by atoms with Gasteiger partial charge in [0.1, 0.15) is 10.8 Å². The number of aryl methyl sites for hydroxylation is 2. The molecule has 10 heteroatoms. The third-order valence-electron chi connectivity index (χ3n) is 6.12. The minimum atomic E-state index is -0.361. The average Bonchev–Trinajstić information content (AvgIpc) is 3.29. The summed E-state index contributed by atoms with van der Waals surface area (Å²) in [7, 11) is 1.86. The van der Waals surface area contributed by atoms with Crippen molar-refractivity contribution < 1.29 is 19.1 Å². The van der Waals surface area contributed by atoms with Crippen LogP contribution in [0, 0.1) is 6.92 Å². The zero-order valence-electron chi connectivity index (χ0n) is 21.1. The molecule has 0 aliphatic heterocycles. The van der Waals surface area contributed by atoms with E-state index in [2.05, 4.69) is 15.5 Å². The molecule has 8 nitrogen and oxygen atoms in total. The second kappa shape index (κ2) is 11.9. The van der Waals surface area contributed by atoms with Crippen LogP contribution in [0.3, 0.4) is 0 Å². The topological polar surface area (TPSA) is 95.3 Å². The molecule has 0 saturated carbocycles. The van der Waals surface area contributed by atoms with Crippen molar-refractivity contribution in [2.75, 3.05) is 17.7 Å². The number of fused-ring (bicyclic) bond motifs is 1. The second-order valence-corrected chi connectivity index (χ2v) is 10.8. The van der Waals surface area contributed by atoms with Crippen molar-refractivity contribution in [3.63, 3.8) is 0 Å². The molecule has 2 aromatic heterocycles. The van der Waals surface area contributed by atoms with Crippen molar-refractivity contribution in [3.8, 4) is 5.75 Å². The first-order valence-electron chi connectivity index (χ1n) is 12.2. The molecule has 2 heterocycles. The molecule has 1 unspecified atom stereocenters. The molecular formula is C26H32N4O4S2. The van der Waals surface area contributed by atoms with Crippen LogP contribution in [0.5, 0.6) is 5.75 Å². The molecule has 192 valence electrons. The fourth-order valence-electron chi connectivity index (χ4n) is 4.28. The normalized spacial score (nSPS) is 14.0. The van der Waals surface area contributed by atoms with Gasteiger partial charge in [-0.1, -0.05) is 36.4 Å². The van der Waals surface area contributed by atoms with Crippen molar-refractivity contribution in [3.05, 3.63) is 51.7 Å². The smallest absolute Gasteiger partial charge is 0.341 e. The predicted molar refractivity (Wildman–Crippen MR) is 142 cm³/mol. The molecule has 1 N–H and O–H groups in total. The van der Waals surface area contributed by atoms with Crippen molar-refractivity contribution in [2.45, 2.75) is 64.1 Å². The number of anilines is 1. The minimum Gasteiger partial charge on any atom is -0.482 e. The van der Waals surface area contributed by atoms with Crippen LogP contribution in [-0.2, 0) is 29.4 Å². The Hall–Kier alpha value is -2.85. The summed E-state index contributed by atoms with van der Waals surface area (Å²) in [4.78, 5) is 26.8. The molecule has 1 aliphatic carbocycles. The van der Waals surface area contributed by atoms with Crippen LogP contribution in [0.4, 0.5) is 5.00 Å². The Balaban J connectivity index is 1.42. The van der Waals surface area contributed by atoms with Gasteiger partial charge < -0.3 is 19.4 Å². The molecule has 1 aromatic carbocycles. The van der Waals surface area contributed by atoms with Crippen LogP contribution >= 0.6 is 23.1 Å². The van der Waals surface area contributed by atoms with Gasteiger partial charge in [0.15, 0.2) is 17.1 Å². The largest absolute Gasteiger partial charge is 0.482 e. The number of carbonyl (C=O) groups is 2. The molecule has 1 atom stereocenters. The Kier molecular flexibility index (Phi) is 8.68. The third-order valence-corrected chi connectivity index (χ3v) is 8.34. The molecule has 36 heavy (non-hydrogen) atoms. The molecule has 3 aromatic rings. The number of carbonyl (C=O) groups excluding carboxylic acids is 2. The van der Waals surface area contributed by atoms with Gasteiger partial charge in [0.05, 0.1) is 17.9 Å². The average molecular weight is 529 g/mol. The summed E-state index contributed by atoms with van der Waals surface area (Å²) in [5.41, 5.74) is 2.62. The van der Waals surface area contributed by atoms with Crippen molar-refractivity contribution >= 4 is 40.0 Å². The fourth-order valence-corrected chi connectivity index (χ4v) is 6.29. The van der Waals surface area contributed by atoms with Gasteiger partial charge in [-0.2, -0.15) is 0 Å². The van der Waals surface area contributed by atoms with Gasteiger partial charge >= 0.3 is 5.97 Å². The lowest BCUT2D eigenvalue weighted by Gasteiger charge is -2.15. The number of para-hydroxylation sites is 1. The molecule has 1 aliphatic rings. The van der Waals surface area contributed by atoms with E-state index in [1.165, 1.54) is 28.0 Å². The second-order valence-electron chi connectivity index (χ2n) is 8.75. The quantitative estimate of drug-likeness (QED) is 0.223. The van der Waals surface area contributed by atoms with E-state index >= 15 is 0 Å². The summed E-state index contributed by atoms with van der Waals surface area (Å²) in [6.45, 7) is 6.01. The van der Waals surface area contributed by atoms with Crippen molar-refractivity contribution in [1.82, 2.24) is 14.8 Å². The molecule has 0 spiro atoms. The molecular weight excluding hydrogens is 496 g/mol. The number of ether oxygens (including phenoxy) is 2. The molecule has 0 fully saturated rings. The number of hydrogen-bond acceptors (Lipinski definition) is 8. The van der Waals surface area contributed by atoms with Gasteiger partial charge in [-0.25, -0.2) is 4.79 Å². The number of thiophene rings is 1. The van der Waals surface area contributed by atoms with Gasteiger partial charge in [0, 0.05) is 11.9 Å². The van der Waals surface area contributed by atoms with Gasteiger partial charge in [-0.15, -0.1) is 21.5 Å². The van der Waals surface area contributed by atoms with Crippen LogP contribution < -0.4 is 10.1 Å². The van der Waals surface area contributed by atoms with Crippen molar-refractivity contribution in [1.29, 1.82) is 0 Å². The summed E-state index contributed by atoms with van der Waals surface area (Å²) < 4.78 is 13.2.